The maximum absolute atomic E-state index is 13.2. The average Bonchev–Trinajstić information content (AvgIpc) is 2.64. The summed E-state index contributed by atoms with van der Waals surface area (Å²) in [7, 11) is 0. The van der Waals surface area contributed by atoms with Gasteiger partial charge < -0.3 is 16.0 Å². The third kappa shape index (κ3) is 12.3. The van der Waals surface area contributed by atoms with Gasteiger partial charge in [-0.05, 0) is 58.7 Å². The lowest BCUT2D eigenvalue weighted by atomic mass is 10.1. The van der Waals surface area contributed by atoms with Gasteiger partial charge in [0.2, 0.25) is 5.91 Å². The first-order valence-corrected chi connectivity index (χ1v) is 10.6. The summed E-state index contributed by atoms with van der Waals surface area (Å²) in [6.07, 6.45) is 1.17. The summed E-state index contributed by atoms with van der Waals surface area (Å²) >= 11 is 0. The molecule has 1 amide bonds. The molecule has 0 unspecified atom stereocenters. The Kier molecular flexibility index (Phi) is 15.5. The molecule has 3 N–H and O–H groups in total. The molecular formula is C22H39FIN5O. The van der Waals surface area contributed by atoms with Gasteiger partial charge in [-0.25, -0.2) is 4.39 Å². The second-order valence-electron chi connectivity index (χ2n) is 7.62. The van der Waals surface area contributed by atoms with Gasteiger partial charge in [-0.1, -0.05) is 12.1 Å². The zero-order valence-electron chi connectivity index (χ0n) is 19.0. The Morgan fingerprint density at radius 3 is 2.37 bits per heavy atom. The molecule has 0 radical (unpaired) electrons. The molecule has 6 nitrogen and oxygen atoms in total. The molecule has 1 rings (SSSR count). The second-order valence-corrected chi connectivity index (χ2v) is 7.62. The predicted octanol–water partition coefficient (Wildman–Crippen LogP) is 3.17. The molecule has 0 saturated carbocycles. The molecule has 0 aromatic heterocycles. The molecule has 30 heavy (non-hydrogen) atoms. The number of aliphatic imine (C=N–C) groups is 1. The molecule has 1 aromatic rings. The van der Waals surface area contributed by atoms with E-state index in [1.807, 2.05) is 6.92 Å². The molecule has 0 aliphatic rings. The number of rotatable bonds is 12. The van der Waals surface area contributed by atoms with Gasteiger partial charge in [0.05, 0.1) is 6.42 Å². The van der Waals surface area contributed by atoms with Crippen LogP contribution >= 0.6 is 24.0 Å². The van der Waals surface area contributed by atoms with Gasteiger partial charge in [0.25, 0.3) is 0 Å². The number of carbonyl (C=O) groups is 1. The molecule has 0 fully saturated rings. The number of hydrogen-bond donors (Lipinski definition) is 3. The minimum absolute atomic E-state index is 0. The van der Waals surface area contributed by atoms with Crippen molar-refractivity contribution in [2.75, 3.05) is 32.7 Å². The van der Waals surface area contributed by atoms with Crippen LogP contribution in [0.25, 0.3) is 0 Å². The Morgan fingerprint density at radius 1 is 1.10 bits per heavy atom. The number of guanidine groups is 1. The maximum Gasteiger partial charge on any atom is 0.224 e. The Labute approximate surface area is 198 Å². The lowest BCUT2D eigenvalue weighted by Gasteiger charge is -2.30. The summed E-state index contributed by atoms with van der Waals surface area (Å²) in [6, 6.07) is 7.17. The van der Waals surface area contributed by atoms with Crippen LogP contribution in [0.2, 0.25) is 0 Å². The maximum atomic E-state index is 13.2. The van der Waals surface area contributed by atoms with E-state index in [-0.39, 0.29) is 42.1 Å². The van der Waals surface area contributed by atoms with Crippen molar-refractivity contribution >= 4 is 35.8 Å². The van der Waals surface area contributed by atoms with Crippen molar-refractivity contribution in [3.05, 3.63) is 35.6 Å². The van der Waals surface area contributed by atoms with Crippen LogP contribution in [0.4, 0.5) is 4.39 Å². The number of halogens is 2. The molecule has 0 bridgehead atoms. The monoisotopic (exact) mass is 535 g/mol. The van der Waals surface area contributed by atoms with E-state index in [1.54, 1.807) is 12.1 Å². The van der Waals surface area contributed by atoms with E-state index >= 15 is 0 Å². The van der Waals surface area contributed by atoms with Crippen molar-refractivity contribution in [3.63, 3.8) is 0 Å². The van der Waals surface area contributed by atoms with Gasteiger partial charge in [0, 0.05) is 44.8 Å². The number of amides is 1. The van der Waals surface area contributed by atoms with Crippen molar-refractivity contribution in [2.24, 2.45) is 4.99 Å². The van der Waals surface area contributed by atoms with Crippen LogP contribution in [0.5, 0.6) is 0 Å². The predicted molar refractivity (Wildman–Crippen MR) is 134 cm³/mol. The first-order chi connectivity index (χ1) is 13.8. The lowest BCUT2D eigenvalue weighted by molar-refractivity contribution is -0.120. The average molecular weight is 535 g/mol. The fraction of sp³-hybridized carbons (Fsp3) is 0.636. The molecule has 0 atom stereocenters. The van der Waals surface area contributed by atoms with E-state index in [9.17, 15) is 9.18 Å². The van der Waals surface area contributed by atoms with Gasteiger partial charge in [-0.15, -0.1) is 24.0 Å². The first kappa shape index (κ1) is 28.6. The van der Waals surface area contributed by atoms with E-state index < -0.39 is 0 Å². The summed E-state index contributed by atoms with van der Waals surface area (Å²) in [4.78, 5) is 19.0. The van der Waals surface area contributed by atoms with Gasteiger partial charge in [0.1, 0.15) is 5.82 Å². The number of benzene rings is 1. The van der Waals surface area contributed by atoms with E-state index in [0.717, 1.165) is 32.0 Å². The van der Waals surface area contributed by atoms with E-state index in [1.165, 1.54) is 12.1 Å². The Bertz CT molecular complexity index is 632. The number of carbonyl (C=O) groups excluding carboxylic acids is 1. The minimum atomic E-state index is -0.326. The fourth-order valence-electron chi connectivity index (χ4n) is 3.18. The minimum Gasteiger partial charge on any atom is -0.357 e. The molecule has 0 aliphatic heterocycles. The molecule has 172 valence electrons. The number of hydrogen-bond acceptors (Lipinski definition) is 3. The molecule has 0 spiro atoms. The zero-order valence-corrected chi connectivity index (χ0v) is 21.3. The third-order valence-electron chi connectivity index (χ3n) is 4.51. The van der Waals surface area contributed by atoms with Crippen LogP contribution in [0.1, 0.15) is 46.6 Å². The van der Waals surface area contributed by atoms with Crippen molar-refractivity contribution in [1.29, 1.82) is 0 Å². The summed E-state index contributed by atoms with van der Waals surface area (Å²) < 4.78 is 13.2. The highest BCUT2D eigenvalue weighted by atomic mass is 127. The van der Waals surface area contributed by atoms with Crippen molar-refractivity contribution < 1.29 is 9.18 Å². The first-order valence-electron chi connectivity index (χ1n) is 10.6. The summed E-state index contributed by atoms with van der Waals surface area (Å²) in [5.74, 6) is 0.308. The lowest BCUT2D eigenvalue weighted by Crippen LogP contribution is -2.42. The molecular weight excluding hydrogens is 496 g/mol. The van der Waals surface area contributed by atoms with Crippen molar-refractivity contribution in [2.45, 2.75) is 59.5 Å². The smallest absolute Gasteiger partial charge is 0.224 e. The van der Waals surface area contributed by atoms with Crippen LogP contribution in [-0.4, -0.2) is 61.6 Å². The third-order valence-corrected chi connectivity index (χ3v) is 4.51. The Balaban J connectivity index is 0.00000841. The van der Waals surface area contributed by atoms with Gasteiger partial charge in [-0.3, -0.25) is 14.7 Å². The van der Waals surface area contributed by atoms with Crippen molar-refractivity contribution in [3.8, 4) is 0 Å². The highest BCUT2D eigenvalue weighted by Crippen LogP contribution is 2.06. The van der Waals surface area contributed by atoms with E-state index in [4.69, 9.17) is 0 Å². The summed E-state index contributed by atoms with van der Waals surface area (Å²) in [5.41, 5.74) is 0.669. The zero-order chi connectivity index (χ0) is 21.6. The van der Waals surface area contributed by atoms with Crippen LogP contribution in [0, 0.1) is 5.82 Å². The molecule has 0 heterocycles. The highest BCUT2D eigenvalue weighted by molar-refractivity contribution is 14.0. The van der Waals surface area contributed by atoms with Gasteiger partial charge >= 0.3 is 0 Å². The normalized spacial score (nSPS) is 11.6. The number of nitrogens with one attached hydrogen (secondary N) is 3. The van der Waals surface area contributed by atoms with Crippen LogP contribution in [0.3, 0.4) is 0 Å². The quantitative estimate of drug-likeness (QED) is 0.167. The van der Waals surface area contributed by atoms with Crippen molar-refractivity contribution in [1.82, 2.24) is 20.9 Å². The molecule has 1 aromatic carbocycles. The highest BCUT2D eigenvalue weighted by Gasteiger charge is 2.12. The largest absolute Gasteiger partial charge is 0.357 e. The van der Waals surface area contributed by atoms with Crippen LogP contribution in [-0.2, 0) is 11.2 Å². The SMILES string of the molecule is CCNC(=NCCCN(C(C)C)C(C)C)NCCNC(=O)Cc1cccc(F)c1.I. The second kappa shape index (κ2) is 16.3. The Morgan fingerprint density at radius 2 is 1.77 bits per heavy atom. The molecule has 8 heteroatoms. The standard InChI is InChI=1S/C22H38FN5O.HI/c1-6-24-22(26-11-8-14-28(17(2)3)18(4)5)27-13-12-25-21(29)16-19-9-7-10-20(23)15-19;/h7,9-10,15,17-18H,6,8,11-14,16H2,1-5H3,(H,25,29)(H2,24,26,27);1H. The topological polar surface area (TPSA) is 68.8 Å². The Hall–Kier alpha value is -1.42. The van der Waals surface area contributed by atoms with Gasteiger partial charge in [0.15, 0.2) is 5.96 Å². The fourth-order valence-corrected chi connectivity index (χ4v) is 3.18. The summed E-state index contributed by atoms with van der Waals surface area (Å²) in [5, 5.41) is 9.30. The van der Waals surface area contributed by atoms with Crippen LogP contribution < -0.4 is 16.0 Å². The van der Waals surface area contributed by atoms with Gasteiger partial charge in [-0.2, -0.15) is 0 Å². The van der Waals surface area contributed by atoms with E-state index in [0.29, 0.717) is 30.7 Å². The molecule has 0 aliphatic carbocycles. The number of nitrogens with zero attached hydrogens (tertiary/aromatic N) is 2. The molecule has 0 saturated heterocycles. The van der Waals surface area contributed by atoms with E-state index in [2.05, 4.69) is 53.5 Å². The van der Waals surface area contributed by atoms with Crippen LogP contribution in [0.15, 0.2) is 29.3 Å². The summed E-state index contributed by atoms with van der Waals surface area (Å²) in [6.45, 7) is 14.5.